The molecule has 1 aromatic rings. The summed E-state index contributed by atoms with van der Waals surface area (Å²) in [7, 11) is 0. The van der Waals surface area contributed by atoms with Crippen molar-refractivity contribution >= 4 is 5.69 Å². The lowest BCUT2D eigenvalue weighted by Gasteiger charge is -2.22. The molecule has 0 amide bonds. The van der Waals surface area contributed by atoms with E-state index in [-0.39, 0.29) is 0 Å². The van der Waals surface area contributed by atoms with Crippen molar-refractivity contribution in [3.8, 4) is 0 Å². The van der Waals surface area contributed by atoms with Crippen LogP contribution in [0.4, 0.5) is 5.69 Å². The minimum atomic E-state index is 0.478. The standard InChI is InChI=1S/C17H27N3/c1-2-9-20-16(11-14-6-4-3-5-7-14)12-15-13-19-10-8-17(15)18/h6,8,10,13,16,20H,2-5,7,9,11-12H2,1H3,(H2,18,19). The van der Waals surface area contributed by atoms with E-state index in [2.05, 4.69) is 23.3 Å². The second kappa shape index (κ2) is 8.05. The number of nitrogens with two attached hydrogens (primary N) is 1. The molecule has 1 aromatic heterocycles. The molecule has 0 aliphatic heterocycles. The Balaban J connectivity index is 1.99. The maximum atomic E-state index is 6.05. The van der Waals surface area contributed by atoms with Crippen LogP contribution in [-0.2, 0) is 6.42 Å². The molecule has 3 nitrogen and oxygen atoms in total. The first-order chi connectivity index (χ1) is 9.79. The number of rotatable bonds is 7. The van der Waals surface area contributed by atoms with E-state index in [1.807, 2.05) is 12.3 Å². The van der Waals surface area contributed by atoms with Crippen LogP contribution in [0.2, 0.25) is 0 Å². The van der Waals surface area contributed by atoms with Gasteiger partial charge in [0.25, 0.3) is 0 Å². The van der Waals surface area contributed by atoms with Crippen LogP contribution in [0.15, 0.2) is 30.1 Å². The Bertz CT molecular complexity index is 440. The van der Waals surface area contributed by atoms with E-state index in [0.29, 0.717) is 6.04 Å². The summed E-state index contributed by atoms with van der Waals surface area (Å²) in [5.74, 6) is 0. The average molecular weight is 273 g/mol. The maximum Gasteiger partial charge on any atom is 0.0378 e. The zero-order chi connectivity index (χ0) is 14.2. The summed E-state index contributed by atoms with van der Waals surface area (Å²) in [6.45, 7) is 3.28. The van der Waals surface area contributed by atoms with Crippen molar-refractivity contribution in [2.75, 3.05) is 12.3 Å². The molecular weight excluding hydrogens is 246 g/mol. The summed E-state index contributed by atoms with van der Waals surface area (Å²) in [4.78, 5) is 4.20. The third-order valence-corrected chi connectivity index (χ3v) is 3.98. The van der Waals surface area contributed by atoms with Gasteiger partial charge in [0, 0.05) is 24.1 Å². The predicted molar refractivity (Wildman–Crippen MR) is 85.6 cm³/mol. The molecule has 110 valence electrons. The molecule has 0 radical (unpaired) electrons. The van der Waals surface area contributed by atoms with Gasteiger partial charge in [-0.05, 0) is 63.1 Å². The molecule has 3 heteroatoms. The normalized spacial score (nSPS) is 16.8. The highest BCUT2D eigenvalue weighted by Gasteiger charge is 2.14. The molecule has 1 aliphatic carbocycles. The fraction of sp³-hybridized carbons (Fsp3) is 0.588. The van der Waals surface area contributed by atoms with Crippen LogP contribution in [-0.4, -0.2) is 17.6 Å². The first-order valence-electron chi connectivity index (χ1n) is 7.89. The van der Waals surface area contributed by atoms with E-state index in [1.54, 1.807) is 11.8 Å². The summed E-state index contributed by atoms with van der Waals surface area (Å²) in [6.07, 6.45) is 14.6. The van der Waals surface area contributed by atoms with Gasteiger partial charge in [-0.15, -0.1) is 0 Å². The average Bonchev–Trinajstić information content (AvgIpc) is 2.48. The monoisotopic (exact) mass is 273 g/mol. The second-order valence-corrected chi connectivity index (χ2v) is 5.74. The van der Waals surface area contributed by atoms with Crippen molar-refractivity contribution in [3.63, 3.8) is 0 Å². The summed E-state index contributed by atoms with van der Waals surface area (Å²) in [5.41, 5.74) is 9.69. The first kappa shape index (κ1) is 15.0. The van der Waals surface area contributed by atoms with Crippen LogP contribution >= 0.6 is 0 Å². The van der Waals surface area contributed by atoms with Crippen molar-refractivity contribution in [2.24, 2.45) is 0 Å². The molecule has 2 rings (SSSR count). The summed E-state index contributed by atoms with van der Waals surface area (Å²) < 4.78 is 0. The Morgan fingerprint density at radius 1 is 1.35 bits per heavy atom. The van der Waals surface area contributed by atoms with E-state index in [9.17, 15) is 0 Å². The van der Waals surface area contributed by atoms with Gasteiger partial charge in [0.2, 0.25) is 0 Å². The first-order valence-corrected chi connectivity index (χ1v) is 7.89. The van der Waals surface area contributed by atoms with Gasteiger partial charge >= 0.3 is 0 Å². The third-order valence-electron chi connectivity index (χ3n) is 3.98. The Labute approximate surface area is 122 Å². The van der Waals surface area contributed by atoms with Crippen LogP contribution in [0.1, 0.15) is 51.0 Å². The van der Waals surface area contributed by atoms with Crippen LogP contribution in [0.5, 0.6) is 0 Å². The van der Waals surface area contributed by atoms with Gasteiger partial charge in [-0.2, -0.15) is 0 Å². The van der Waals surface area contributed by atoms with E-state index in [1.165, 1.54) is 25.7 Å². The molecule has 0 saturated carbocycles. The minimum Gasteiger partial charge on any atom is -0.398 e. The number of allylic oxidation sites excluding steroid dienone is 1. The molecule has 1 atom stereocenters. The molecule has 1 aliphatic rings. The smallest absolute Gasteiger partial charge is 0.0378 e. The van der Waals surface area contributed by atoms with Gasteiger partial charge in [0.05, 0.1) is 0 Å². The van der Waals surface area contributed by atoms with Crippen LogP contribution in [0.25, 0.3) is 0 Å². The number of nitrogen functional groups attached to an aromatic ring is 1. The lowest BCUT2D eigenvalue weighted by molar-refractivity contribution is 0.490. The topological polar surface area (TPSA) is 50.9 Å². The molecule has 20 heavy (non-hydrogen) atoms. The van der Waals surface area contributed by atoms with Gasteiger partial charge in [-0.1, -0.05) is 18.6 Å². The molecule has 1 heterocycles. The SMILES string of the molecule is CCCNC(CC1=CCCCC1)Cc1cnccc1N. The maximum absolute atomic E-state index is 6.05. The third kappa shape index (κ3) is 4.64. The van der Waals surface area contributed by atoms with Crippen molar-refractivity contribution in [1.29, 1.82) is 0 Å². The predicted octanol–water partition coefficient (Wildman–Crippen LogP) is 3.47. The molecule has 3 N–H and O–H groups in total. The summed E-state index contributed by atoms with van der Waals surface area (Å²) in [5, 5.41) is 3.67. The van der Waals surface area contributed by atoms with Gasteiger partial charge < -0.3 is 11.1 Å². The molecule has 0 fully saturated rings. The molecule has 0 spiro atoms. The van der Waals surface area contributed by atoms with Gasteiger partial charge in [0.15, 0.2) is 0 Å². The minimum absolute atomic E-state index is 0.478. The number of pyridine rings is 1. The molecule has 0 saturated heterocycles. The number of nitrogens with zero attached hydrogens (tertiary/aromatic N) is 1. The van der Waals surface area contributed by atoms with Crippen molar-refractivity contribution in [1.82, 2.24) is 10.3 Å². The van der Waals surface area contributed by atoms with E-state index in [0.717, 1.165) is 37.1 Å². The summed E-state index contributed by atoms with van der Waals surface area (Å²) >= 11 is 0. The molecular formula is C17H27N3. The number of aromatic nitrogens is 1. The fourth-order valence-corrected chi connectivity index (χ4v) is 2.85. The van der Waals surface area contributed by atoms with Gasteiger partial charge in [0.1, 0.15) is 0 Å². The van der Waals surface area contributed by atoms with Crippen molar-refractivity contribution in [2.45, 2.75) is 57.9 Å². The van der Waals surface area contributed by atoms with E-state index in [4.69, 9.17) is 5.73 Å². The number of anilines is 1. The fourth-order valence-electron chi connectivity index (χ4n) is 2.85. The zero-order valence-corrected chi connectivity index (χ0v) is 12.6. The molecule has 0 bridgehead atoms. The number of nitrogens with one attached hydrogen (secondary N) is 1. The highest BCUT2D eigenvalue weighted by atomic mass is 14.9. The highest BCUT2D eigenvalue weighted by molar-refractivity contribution is 5.44. The van der Waals surface area contributed by atoms with Crippen LogP contribution in [0.3, 0.4) is 0 Å². The van der Waals surface area contributed by atoms with Gasteiger partial charge in [-0.25, -0.2) is 0 Å². The Morgan fingerprint density at radius 2 is 2.25 bits per heavy atom. The van der Waals surface area contributed by atoms with Crippen molar-refractivity contribution in [3.05, 3.63) is 35.7 Å². The Morgan fingerprint density at radius 3 is 2.95 bits per heavy atom. The zero-order valence-electron chi connectivity index (χ0n) is 12.6. The number of hydrogen-bond donors (Lipinski definition) is 2. The van der Waals surface area contributed by atoms with Crippen LogP contribution in [0, 0.1) is 0 Å². The lowest BCUT2D eigenvalue weighted by atomic mass is 9.92. The lowest BCUT2D eigenvalue weighted by Crippen LogP contribution is -2.32. The molecule has 1 unspecified atom stereocenters. The van der Waals surface area contributed by atoms with Gasteiger partial charge in [-0.3, -0.25) is 4.98 Å². The number of hydrogen-bond acceptors (Lipinski definition) is 3. The van der Waals surface area contributed by atoms with Crippen LogP contribution < -0.4 is 11.1 Å². The van der Waals surface area contributed by atoms with E-state index < -0.39 is 0 Å². The van der Waals surface area contributed by atoms with Crippen molar-refractivity contribution < 1.29 is 0 Å². The summed E-state index contributed by atoms with van der Waals surface area (Å²) in [6, 6.07) is 2.37. The highest BCUT2D eigenvalue weighted by Crippen LogP contribution is 2.23. The largest absolute Gasteiger partial charge is 0.398 e. The quantitative estimate of drug-likeness (QED) is 0.748. The Hall–Kier alpha value is -1.35. The van der Waals surface area contributed by atoms with E-state index >= 15 is 0 Å². The second-order valence-electron chi connectivity index (χ2n) is 5.74. The molecule has 0 aromatic carbocycles. The Kier molecular flexibility index (Phi) is 6.06.